The van der Waals surface area contributed by atoms with Crippen LogP contribution >= 0.6 is 15.9 Å². The molecule has 0 aliphatic rings. The van der Waals surface area contributed by atoms with Gasteiger partial charge in [0.05, 0.1) is 6.04 Å². The van der Waals surface area contributed by atoms with Crippen LogP contribution in [0.4, 0.5) is 17.6 Å². The van der Waals surface area contributed by atoms with E-state index < -0.39 is 29.3 Å². The molecule has 1 nitrogen and oxygen atoms in total. The molecule has 0 aromatic heterocycles. The van der Waals surface area contributed by atoms with E-state index in [-0.39, 0.29) is 11.1 Å². The molecule has 1 atom stereocenters. The molecule has 0 amide bonds. The highest BCUT2D eigenvalue weighted by atomic mass is 79.9. The maximum atomic E-state index is 13.7. The fourth-order valence-corrected chi connectivity index (χ4v) is 2.04. The zero-order valence-corrected chi connectivity index (χ0v) is 11.0. The first-order valence-corrected chi connectivity index (χ1v) is 6.05. The van der Waals surface area contributed by atoms with E-state index in [9.17, 15) is 17.6 Å². The molecular formula is C13H8BrF4N. The Bertz CT molecular complexity index is 630. The fraction of sp³-hybridized carbons (Fsp3) is 0.0769. The first-order chi connectivity index (χ1) is 8.91. The third kappa shape index (κ3) is 2.64. The highest BCUT2D eigenvalue weighted by Gasteiger charge is 2.21. The summed E-state index contributed by atoms with van der Waals surface area (Å²) in [6.07, 6.45) is 0. The molecule has 19 heavy (non-hydrogen) atoms. The number of hydrogen-bond acceptors (Lipinski definition) is 1. The van der Waals surface area contributed by atoms with Crippen molar-refractivity contribution in [3.05, 3.63) is 69.2 Å². The normalized spacial score (nSPS) is 12.5. The Kier molecular flexibility index (Phi) is 3.91. The molecule has 0 saturated carbocycles. The van der Waals surface area contributed by atoms with Crippen LogP contribution in [0.15, 0.2) is 34.8 Å². The highest BCUT2D eigenvalue weighted by Crippen LogP contribution is 2.27. The van der Waals surface area contributed by atoms with Crippen LogP contribution in [0, 0.1) is 23.3 Å². The number of benzene rings is 2. The van der Waals surface area contributed by atoms with E-state index in [1.165, 1.54) is 12.1 Å². The molecule has 100 valence electrons. The Labute approximate surface area is 115 Å². The first kappa shape index (κ1) is 14.0. The maximum Gasteiger partial charge on any atom is 0.194 e. The van der Waals surface area contributed by atoms with E-state index in [0.717, 1.165) is 18.2 Å². The molecule has 6 heteroatoms. The van der Waals surface area contributed by atoms with E-state index >= 15 is 0 Å². The van der Waals surface area contributed by atoms with Crippen LogP contribution in [-0.2, 0) is 0 Å². The molecular weight excluding hydrogens is 326 g/mol. The molecule has 0 aliphatic carbocycles. The van der Waals surface area contributed by atoms with Gasteiger partial charge in [-0.15, -0.1) is 0 Å². The summed E-state index contributed by atoms with van der Waals surface area (Å²) in [6.45, 7) is 0. The quantitative estimate of drug-likeness (QED) is 0.651. The van der Waals surface area contributed by atoms with Gasteiger partial charge in [-0.3, -0.25) is 0 Å². The molecule has 0 bridgehead atoms. The minimum absolute atomic E-state index is 0.00638. The smallest absolute Gasteiger partial charge is 0.194 e. The van der Waals surface area contributed by atoms with Crippen molar-refractivity contribution in [3.8, 4) is 0 Å². The first-order valence-electron chi connectivity index (χ1n) is 5.25. The topological polar surface area (TPSA) is 26.0 Å². The summed E-state index contributed by atoms with van der Waals surface area (Å²) in [4.78, 5) is 0. The molecule has 0 saturated heterocycles. The lowest BCUT2D eigenvalue weighted by Gasteiger charge is -2.15. The van der Waals surface area contributed by atoms with Gasteiger partial charge in [0, 0.05) is 15.6 Å². The van der Waals surface area contributed by atoms with Gasteiger partial charge in [-0.1, -0.05) is 28.1 Å². The van der Waals surface area contributed by atoms with Crippen LogP contribution < -0.4 is 5.73 Å². The SMILES string of the molecule is NC(c1ccc(Br)cc1F)c1ccc(F)c(F)c1F. The molecule has 0 aliphatic heterocycles. The summed E-state index contributed by atoms with van der Waals surface area (Å²) in [5, 5.41) is 0. The van der Waals surface area contributed by atoms with Crippen molar-refractivity contribution in [1.82, 2.24) is 0 Å². The molecule has 0 spiro atoms. The summed E-state index contributed by atoms with van der Waals surface area (Å²) in [5.41, 5.74) is 5.39. The van der Waals surface area contributed by atoms with Gasteiger partial charge in [0.1, 0.15) is 5.82 Å². The van der Waals surface area contributed by atoms with Crippen LogP contribution in [0.5, 0.6) is 0 Å². The molecule has 2 N–H and O–H groups in total. The van der Waals surface area contributed by atoms with Crippen molar-refractivity contribution in [2.45, 2.75) is 6.04 Å². The molecule has 0 heterocycles. The van der Waals surface area contributed by atoms with Crippen LogP contribution in [0.1, 0.15) is 17.2 Å². The minimum Gasteiger partial charge on any atom is -0.320 e. The van der Waals surface area contributed by atoms with E-state index in [1.54, 1.807) is 0 Å². The van der Waals surface area contributed by atoms with Crippen LogP contribution in [0.3, 0.4) is 0 Å². The predicted octanol–water partition coefficient (Wildman–Crippen LogP) is 4.05. The Morgan fingerprint density at radius 2 is 1.47 bits per heavy atom. The number of rotatable bonds is 2. The lowest BCUT2D eigenvalue weighted by Crippen LogP contribution is -2.16. The summed E-state index contributed by atoms with van der Waals surface area (Å²) in [6, 6.07) is 4.57. The van der Waals surface area contributed by atoms with Crippen molar-refractivity contribution in [2.24, 2.45) is 5.73 Å². The second kappa shape index (κ2) is 5.30. The van der Waals surface area contributed by atoms with Crippen LogP contribution in [0.2, 0.25) is 0 Å². The molecule has 2 aromatic rings. The van der Waals surface area contributed by atoms with Gasteiger partial charge in [-0.2, -0.15) is 0 Å². The third-order valence-corrected chi connectivity index (χ3v) is 3.19. The van der Waals surface area contributed by atoms with Gasteiger partial charge >= 0.3 is 0 Å². The number of halogens is 5. The minimum atomic E-state index is -1.62. The predicted molar refractivity (Wildman–Crippen MR) is 66.4 cm³/mol. The lowest BCUT2D eigenvalue weighted by atomic mass is 9.98. The summed E-state index contributed by atoms with van der Waals surface area (Å²) in [5.74, 6) is -5.00. The van der Waals surface area contributed by atoms with Gasteiger partial charge in [0.15, 0.2) is 17.5 Å². The summed E-state index contributed by atoms with van der Waals surface area (Å²) >= 11 is 3.07. The third-order valence-electron chi connectivity index (χ3n) is 2.70. The summed E-state index contributed by atoms with van der Waals surface area (Å²) < 4.78 is 53.7. The van der Waals surface area contributed by atoms with E-state index in [4.69, 9.17) is 5.73 Å². The van der Waals surface area contributed by atoms with E-state index in [2.05, 4.69) is 15.9 Å². The van der Waals surface area contributed by atoms with Gasteiger partial charge in [-0.05, 0) is 18.2 Å². The summed E-state index contributed by atoms with van der Waals surface area (Å²) in [7, 11) is 0. The average Bonchev–Trinajstić information content (AvgIpc) is 2.35. The Morgan fingerprint density at radius 3 is 2.11 bits per heavy atom. The number of hydrogen-bond donors (Lipinski definition) is 1. The zero-order chi connectivity index (χ0) is 14.2. The van der Waals surface area contributed by atoms with Crippen LogP contribution in [-0.4, -0.2) is 0 Å². The Morgan fingerprint density at radius 1 is 0.842 bits per heavy atom. The average molecular weight is 334 g/mol. The van der Waals surface area contributed by atoms with Gasteiger partial charge in [0.2, 0.25) is 0 Å². The fourth-order valence-electron chi connectivity index (χ4n) is 1.70. The van der Waals surface area contributed by atoms with Crippen molar-refractivity contribution in [2.75, 3.05) is 0 Å². The van der Waals surface area contributed by atoms with Crippen molar-refractivity contribution in [1.29, 1.82) is 0 Å². The maximum absolute atomic E-state index is 13.7. The Hall–Kier alpha value is -1.40. The molecule has 2 aromatic carbocycles. The largest absolute Gasteiger partial charge is 0.320 e. The van der Waals surface area contributed by atoms with E-state index in [0.29, 0.717) is 4.47 Å². The van der Waals surface area contributed by atoms with E-state index in [1.807, 2.05) is 0 Å². The van der Waals surface area contributed by atoms with Crippen molar-refractivity contribution in [3.63, 3.8) is 0 Å². The number of nitrogens with two attached hydrogens (primary N) is 1. The molecule has 1 unspecified atom stereocenters. The molecule has 0 radical (unpaired) electrons. The standard InChI is InChI=1S/C13H8BrF4N/c14-6-1-2-7(10(16)5-6)13(19)8-3-4-9(15)12(18)11(8)17/h1-5,13H,19H2. The zero-order valence-electron chi connectivity index (χ0n) is 9.43. The second-order valence-corrected chi connectivity index (χ2v) is 4.82. The highest BCUT2D eigenvalue weighted by molar-refractivity contribution is 9.10. The van der Waals surface area contributed by atoms with Gasteiger partial charge < -0.3 is 5.73 Å². The molecule has 0 fully saturated rings. The van der Waals surface area contributed by atoms with Gasteiger partial charge in [0.25, 0.3) is 0 Å². The second-order valence-electron chi connectivity index (χ2n) is 3.91. The van der Waals surface area contributed by atoms with Crippen molar-refractivity contribution >= 4 is 15.9 Å². The van der Waals surface area contributed by atoms with Gasteiger partial charge in [-0.25, -0.2) is 17.6 Å². The lowest BCUT2D eigenvalue weighted by molar-refractivity contribution is 0.437. The van der Waals surface area contributed by atoms with Crippen molar-refractivity contribution < 1.29 is 17.6 Å². The monoisotopic (exact) mass is 333 g/mol. The molecule has 2 rings (SSSR count). The Balaban J connectivity index is 2.50. The van der Waals surface area contributed by atoms with Crippen LogP contribution in [0.25, 0.3) is 0 Å².